The summed E-state index contributed by atoms with van der Waals surface area (Å²) >= 11 is 0. The zero-order valence-electron chi connectivity index (χ0n) is 26.1. The molecule has 2 fully saturated rings. The highest BCUT2D eigenvalue weighted by Crippen LogP contribution is 2.20. The van der Waals surface area contributed by atoms with Crippen molar-refractivity contribution in [2.75, 3.05) is 10.6 Å². The Bertz CT molecular complexity index is 1140. The monoisotopic (exact) mass is 602 g/mol. The van der Waals surface area contributed by atoms with E-state index in [0.717, 1.165) is 89.9 Å². The summed E-state index contributed by atoms with van der Waals surface area (Å²) in [7, 11) is 0. The van der Waals surface area contributed by atoms with Crippen LogP contribution >= 0.6 is 0 Å². The number of nitrogens with one attached hydrogen (secondary N) is 4. The molecule has 8 heteroatoms. The van der Waals surface area contributed by atoms with Crippen LogP contribution in [0.15, 0.2) is 48.5 Å². The number of amides is 4. The number of carbonyl (C=O) groups excluding carboxylic acids is 4. The maximum absolute atomic E-state index is 12.6. The summed E-state index contributed by atoms with van der Waals surface area (Å²) in [6.07, 6.45) is 17.7. The third kappa shape index (κ3) is 11.8. The van der Waals surface area contributed by atoms with E-state index in [4.69, 9.17) is 0 Å². The topological polar surface area (TPSA) is 116 Å². The number of anilines is 2. The lowest BCUT2D eigenvalue weighted by atomic mass is 9.95. The minimum Gasteiger partial charge on any atom is -0.349 e. The molecule has 2 aromatic rings. The van der Waals surface area contributed by atoms with Gasteiger partial charge in [-0.2, -0.15) is 0 Å². The van der Waals surface area contributed by atoms with E-state index in [1.165, 1.54) is 12.8 Å². The van der Waals surface area contributed by atoms with Crippen molar-refractivity contribution in [1.29, 1.82) is 0 Å². The van der Waals surface area contributed by atoms with Crippen molar-refractivity contribution in [3.63, 3.8) is 0 Å². The van der Waals surface area contributed by atoms with E-state index in [2.05, 4.69) is 21.3 Å². The van der Waals surface area contributed by atoms with Gasteiger partial charge in [0.05, 0.1) is 0 Å². The molecule has 0 aromatic heterocycles. The first kappa shape index (κ1) is 33.2. The molecule has 4 amide bonds. The van der Waals surface area contributed by atoms with E-state index in [1.54, 1.807) is 36.4 Å². The van der Waals surface area contributed by atoms with Crippen LogP contribution < -0.4 is 21.3 Å². The number of rotatable bonds is 15. The molecule has 4 N–H and O–H groups in total. The molecule has 0 saturated heterocycles. The molecule has 0 bridgehead atoms. The van der Waals surface area contributed by atoms with Gasteiger partial charge in [0.25, 0.3) is 11.8 Å². The Morgan fingerprint density at radius 1 is 0.523 bits per heavy atom. The zero-order chi connectivity index (χ0) is 31.0. The molecule has 8 nitrogen and oxygen atoms in total. The summed E-state index contributed by atoms with van der Waals surface area (Å²) in [5, 5.41) is 12.1. The predicted molar refractivity (Wildman–Crippen MR) is 176 cm³/mol. The number of hydrogen-bond donors (Lipinski definition) is 4. The maximum Gasteiger partial charge on any atom is 0.251 e. The van der Waals surface area contributed by atoms with Gasteiger partial charge in [-0.25, -0.2) is 0 Å². The first-order chi connectivity index (χ1) is 21.5. The van der Waals surface area contributed by atoms with Gasteiger partial charge in [-0.15, -0.1) is 0 Å². The van der Waals surface area contributed by atoms with Gasteiger partial charge in [-0.1, -0.05) is 76.3 Å². The first-order valence-corrected chi connectivity index (χ1v) is 16.9. The fourth-order valence-corrected chi connectivity index (χ4v) is 6.23. The molecule has 238 valence electrons. The highest BCUT2D eigenvalue weighted by atomic mass is 16.2. The molecule has 2 aliphatic rings. The lowest BCUT2D eigenvalue weighted by Crippen LogP contribution is -2.36. The van der Waals surface area contributed by atoms with E-state index >= 15 is 0 Å². The van der Waals surface area contributed by atoms with Crippen LogP contribution in [0.3, 0.4) is 0 Å². The van der Waals surface area contributed by atoms with Gasteiger partial charge in [0, 0.05) is 47.4 Å². The Balaban J connectivity index is 1.04. The Morgan fingerprint density at radius 3 is 1.32 bits per heavy atom. The van der Waals surface area contributed by atoms with Gasteiger partial charge in [-0.05, 0) is 74.9 Å². The van der Waals surface area contributed by atoms with Crippen molar-refractivity contribution in [2.24, 2.45) is 0 Å². The molecular weight excluding hydrogens is 552 g/mol. The van der Waals surface area contributed by atoms with E-state index in [9.17, 15) is 19.2 Å². The van der Waals surface area contributed by atoms with Gasteiger partial charge < -0.3 is 21.3 Å². The van der Waals surface area contributed by atoms with Crippen molar-refractivity contribution >= 4 is 35.0 Å². The average molecular weight is 603 g/mol. The van der Waals surface area contributed by atoms with Crippen molar-refractivity contribution in [3.8, 4) is 0 Å². The van der Waals surface area contributed by atoms with Crippen molar-refractivity contribution in [2.45, 2.75) is 128 Å². The van der Waals surface area contributed by atoms with Crippen LogP contribution in [0.2, 0.25) is 0 Å². The minimum atomic E-state index is -0.0752. The van der Waals surface area contributed by atoms with Gasteiger partial charge in [-0.3, -0.25) is 19.2 Å². The predicted octanol–water partition coefficient (Wildman–Crippen LogP) is 7.51. The lowest BCUT2D eigenvalue weighted by molar-refractivity contribution is -0.117. The molecule has 44 heavy (non-hydrogen) atoms. The Kier molecular flexibility index (Phi) is 13.7. The Labute approximate surface area is 262 Å². The SMILES string of the molecule is O=C(CCCCCCCCC(=O)Nc1cccc(C(=O)NC2CCCCC2)c1)Nc1cccc(C(=O)NC2CCCCC2)c1. The van der Waals surface area contributed by atoms with E-state index < -0.39 is 0 Å². The third-order valence-electron chi connectivity index (χ3n) is 8.76. The highest BCUT2D eigenvalue weighted by Gasteiger charge is 2.18. The average Bonchev–Trinajstić information content (AvgIpc) is 3.03. The smallest absolute Gasteiger partial charge is 0.251 e. The van der Waals surface area contributed by atoms with Gasteiger partial charge in [0.2, 0.25) is 11.8 Å². The second kappa shape index (κ2) is 18.2. The Hall–Kier alpha value is -3.68. The summed E-state index contributed by atoms with van der Waals surface area (Å²) in [5.41, 5.74) is 2.46. The molecular formula is C36H50N4O4. The molecule has 0 unspecified atom stereocenters. The summed E-state index contributed by atoms with van der Waals surface area (Å²) in [6, 6.07) is 14.8. The van der Waals surface area contributed by atoms with Gasteiger partial charge in [0.1, 0.15) is 0 Å². The largest absolute Gasteiger partial charge is 0.349 e. The van der Waals surface area contributed by atoms with Crippen LogP contribution in [0, 0.1) is 0 Å². The second-order valence-corrected chi connectivity index (χ2v) is 12.5. The lowest BCUT2D eigenvalue weighted by Gasteiger charge is -2.22. The Morgan fingerprint density at radius 2 is 0.909 bits per heavy atom. The maximum atomic E-state index is 12.6. The van der Waals surface area contributed by atoms with Crippen molar-refractivity contribution in [1.82, 2.24) is 10.6 Å². The normalized spacial score (nSPS) is 15.7. The third-order valence-corrected chi connectivity index (χ3v) is 8.76. The summed E-state index contributed by atoms with van der Waals surface area (Å²) in [4.78, 5) is 50.1. The molecule has 2 aliphatic carbocycles. The fraction of sp³-hybridized carbons (Fsp3) is 0.556. The van der Waals surface area contributed by atoms with Crippen LogP contribution in [-0.2, 0) is 9.59 Å². The van der Waals surface area contributed by atoms with Crippen LogP contribution in [0.4, 0.5) is 11.4 Å². The summed E-state index contributed by atoms with van der Waals surface area (Å²) in [5.74, 6) is -0.230. The molecule has 0 spiro atoms. The minimum absolute atomic E-state index is 0.0398. The summed E-state index contributed by atoms with van der Waals surface area (Å²) in [6.45, 7) is 0. The zero-order valence-corrected chi connectivity index (χ0v) is 26.1. The van der Waals surface area contributed by atoms with Crippen molar-refractivity contribution < 1.29 is 19.2 Å². The van der Waals surface area contributed by atoms with Crippen LogP contribution in [0.25, 0.3) is 0 Å². The molecule has 0 heterocycles. The molecule has 0 radical (unpaired) electrons. The number of hydrogen-bond acceptors (Lipinski definition) is 4. The van der Waals surface area contributed by atoms with Crippen molar-refractivity contribution in [3.05, 3.63) is 59.7 Å². The van der Waals surface area contributed by atoms with Crippen LogP contribution in [0.1, 0.15) is 136 Å². The van der Waals surface area contributed by atoms with Gasteiger partial charge in [0.15, 0.2) is 0 Å². The molecule has 4 rings (SSSR count). The molecule has 2 aromatic carbocycles. The van der Waals surface area contributed by atoms with Crippen LogP contribution in [0.5, 0.6) is 0 Å². The molecule has 2 saturated carbocycles. The van der Waals surface area contributed by atoms with Crippen LogP contribution in [-0.4, -0.2) is 35.7 Å². The van der Waals surface area contributed by atoms with E-state index in [1.807, 2.05) is 12.1 Å². The molecule has 0 aliphatic heterocycles. The highest BCUT2D eigenvalue weighted by molar-refractivity contribution is 5.98. The standard InChI is InChI=1S/C36H50N4O4/c41-33(37-31-21-13-15-27(25-31)35(43)39-29-17-7-5-8-18-29)23-11-3-1-2-4-12-24-34(42)38-32-22-14-16-28(26-32)36(44)40-30-19-9-6-10-20-30/h13-16,21-22,25-26,29-30H,1-12,17-20,23-24H2,(H,37,41)(H,38,42)(H,39,43)(H,40,44). The quantitative estimate of drug-likeness (QED) is 0.158. The number of carbonyl (C=O) groups is 4. The molecule has 0 atom stereocenters. The summed E-state index contributed by atoms with van der Waals surface area (Å²) < 4.78 is 0. The second-order valence-electron chi connectivity index (χ2n) is 12.5. The van der Waals surface area contributed by atoms with Gasteiger partial charge >= 0.3 is 0 Å². The van der Waals surface area contributed by atoms with E-state index in [0.29, 0.717) is 35.3 Å². The number of benzene rings is 2. The fourth-order valence-electron chi connectivity index (χ4n) is 6.23. The van der Waals surface area contributed by atoms with E-state index in [-0.39, 0.29) is 35.7 Å². The number of unbranched alkanes of at least 4 members (excludes halogenated alkanes) is 5. The first-order valence-electron chi connectivity index (χ1n) is 16.9.